The van der Waals surface area contributed by atoms with Crippen LogP contribution in [0.4, 0.5) is 5.69 Å². The number of halogens is 1. The van der Waals surface area contributed by atoms with Gasteiger partial charge in [-0.05, 0) is 65.2 Å². The molecule has 0 unspecified atom stereocenters. The van der Waals surface area contributed by atoms with E-state index in [-0.39, 0.29) is 18.4 Å². The van der Waals surface area contributed by atoms with Crippen LogP contribution in [0.15, 0.2) is 60.7 Å². The first-order valence-electron chi connectivity index (χ1n) is 9.52. The Labute approximate surface area is 180 Å². The molecule has 0 saturated carbocycles. The third kappa shape index (κ3) is 3.57. The van der Waals surface area contributed by atoms with Crippen molar-refractivity contribution < 1.29 is 19.0 Å². The van der Waals surface area contributed by atoms with Gasteiger partial charge >= 0.3 is 0 Å². The predicted molar refractivity (Wildman–Crippen MR) is 117 cm³/mol. The first-order chi connectivity index (χ1) is 14.5. The van der Waals surface area contributed by atoms with E-state index in [9.17, 15) is 4.79 Å². The van der Waals surface area contributed by atoms with Gasteiger partial charge in [-0.15, -0.1) is 0 Å². The monoisotopic (exact) mass is 423 g/mol. The summed E-state index contributed by atoms with van der Waals surface area (Å²) in [5.41, 5.74) is 3.66. The Morgan fingerprint density at radius 1 is 0.867 bits per heavy atom. The maximum atomic E-state index is 13.3. The van der Waals surface area contributed by atoms with Crippen molar-refractivity contribution in [1.82, 2.24) is 0 Å². The van der Waals surface area contributed by atoms with Gasteiger partial charge in [0.1, 0.15) is 5.75 Å². The number of hydrogen-bond donors (Lipinski definition) is 0. The minimum Gasteiger partial charge on any atom is -0.497 e. The molecule has 0 aromatic heterocycles. The lowest BCUT2D eigenvalue weighted by Crippen LogP contribution is -2.41. The van der Waals surface area contributed by atoms with Crippen molar-refractivity contribution in [3.8, 4) is 17.2 Å². The van der Waals surface area contributed by atoms with Gasteiger partial charge in [-0.1, -0.05) is 23.7 Å². The van der Waals surface area contributed by atoms with Crippen LogP contribution in [-0.4, -0.2) is 27.2 Å². The van der Waals surface area contributed by atoms with Gasteiger partial charge in [-0.25, -0.2) is 0 Å². The smallest absolute Gasteiger partial charge is 0.232 e. The lowest BCUT2D eigenvalue weighted by Gasteiger charge is -2.38. The summed E-state index contributed by atoms with van der Waals surface area (Å²) in [4.78, 5) is 15.1. The Kier molecular flexibility index (Phi) is 5.55. The molecule has 5 nitrogen and oxygen atoms in total. The molecule has 1 aliphatic rings. The van der Waals surface area contributed by atoms with E-state index in [1.54, 1.807) is 21.3 Å². The fraction of sp³-hybridized carbons (Fsp3) is 0.208. The van der Waals surface area contributed by atoms with Gasteiger partial charge in [0.25, 0.3) is 0 Å². The average molecular weight is 424 g/mol. The second-order valence-corrected chi connectivity index (χ2v) is 7.44. The van der Waals surface area contributed by atoms with E-state index in [0.717, 1.165) is 28.1 Å². The normalized spacial score (nSPS) is 15.5. The number of nitrogens with zero attached hydrogens (tertiary/aromatic N) is 1. The van der Waals surface area contributed by atoms with Crippen molar-refractivity contribution >= 4 is 23.2 Å². The van der Waals surface area contributed by atoms with Crippen LogP contribution >= 0.6 is 11.6 Å². The molecule has 0 fully saturated rings. The molecule has 4 rings (SSSR count). The third-order valence-electron chi connectivity index (χ3n) is 5.34. The number of amides is 1. The van der Waals surface area contributed by atoms with E-state index in [1.165, 1.54) is 0 Å². The van der Waals surface area contributed by atoms with Gasteiger partial charge < -0.3 is 19.1 Å². The zero-order chi connectivity index (χ0) is 21.3. The zero-order valence-electron chi connectivity index (χ0n) is 17.0. The van der Waals surface area contributed by atoms with Crippen LogP contribution in [0, 0.1) is 0 Å². The second-order valence-electron chi connectivity index (χ2n) is 7.00. The molecule has 0 radical (unpaired) electrons. The van der Waals surface area contributed by atoms with Gasteiger partial charge in [0.2, 0.25) is 5.91 Å². The molecule has 1 heterocycles. The van der Waals surface area contributed by atoms with Crippen LogP contribution in [0.25, 0.3) is 0 Å². The lowest BCUT2D eigenvalue weighted by molar-refractivity contribution is -0.118. The molecule has 0 saturated heterocycles. The first-order valence-corrected chi connectivity index (χ1v) is 9.90. The molecule has 1 aliphatic heterocycles. The van der Waals surface area contributed by atoms with E-state index >= 15 is 0 Å². The van der Waals surface area contributed by atoms with Crippen molar-refractivity contribution in [1.29, 1.82) is 0 Å². The number of carbonyl (C=O) groups is 1. The predicted octanol–water partition coefficient (Wildman–Crippen LogP) is 5.04. The number of carbonyl (C=O) groups excluding carboxylic acids is 1. The van der Waals surface area contributed by atoms with E-state index in [1.807, 2.05) is 65.6 Å². The van der Waals surface area contributed by atoms with Crippen molar-refractivity contribution in [2.75, 3.05) is 26.2 Å². The molecule has 3 aromatic carbocycles. The molecule has 0 bridgehead atoms. The maximum Gasteiger partial charge on any atom is 0.232 e. The highest BCUT2D eigenvalue weighted by Gasteiger charge is 2.35. The number of hydrogen-bond acceptors (Lipinski definition) is 4. The third-order valence-corrected chi connectivity index (χ3v) is 5.60. The van der Waals surface area contributed by atoms with E-state index in [2.05, 4.69) is 0 Å². The van der Waals surface area contributed by atoms with Crippen molar-refractivity contribution in [3.63, 3.8) is 0 Å². The van der Waals surface area contributed by atoms with Crippen molar-refractivity contribution in [2.45, 2.75) is 12.5 Å². The Balaban J connectivity index is 1.91. The number of rotatable bonds is 5. The van der Waals surface area contributed by atoms with Crippen LogP contribution in [0.3, 0.4) is 0 Å². The Hall–Kier alpha value is -3.18. The summed E-state index contributed by atoms with van der Waals surface area (Å²) in [7, 11) is 4.82. The molecular formula is C24H22ClNO4. The standard InChI is InChI=1S/C24H22ClNO4/c1-28-19-10-8-18(9-11-19)26-23(27)13-16-12-21(29-2)22(30-3)14-20(16)24(26)15-4-6-17(25)7-5-15/h4-12,14,24H,13H2,1-3H3/t24-/m0/s1. The summed E-state index contributed by atoms with van der Waals surface area (Å²) < 4.78 is 16.3. The van der Waals surface area contributed by atoms with Crippen LogP contribution in [0.2, 0.25) is 5.02 Å². The molecule has 1 atom stereocenters. The van der Waals surface area contributed by atoms with E-state index in [0.29, 0.717) is 16.5 Å². The lowest BCUT2D eigenvalue weighted by atomic mass is 9.87. The number of benzene rings is 3. The maximum absolute atomic E-state index is 13.3. The molecule has 0 aliphatic carbocycles. The fourth-order valence-corrected chi connectivity index (χ4v) is 4.01. The molecular weight excluding hydrogens is 402 g/mol. The molecule has 154 valence electrons. The number of anilines is 1. The highest BCUT2D eigenvalue weighted by atomic mass is 35.5. The van der Waals surface area contributed by atoms with Crippen molar-refractivity contribution in [3.05, 3.63) is 82.4 Å². The Bertz CT molecular complexity index is 1060. The number of fused-ring (bicyclic) bond motifs is 1. The average Bonchev–Trinajstić information content (AvgIpc) is 2.78. The summed E-state index contributed by atoms with van der Waals surface area (Å²) >= 11 is 6.12. The second kappa shape index (κ2) is 8.28. The largest absolute Gasteiger partial charge is 0.497 e. The molecule has 6 heteroatoms. The van der Waals surface area contributed by atoms with Gasteiger partial charge in [0.15, 0.2) is 11.5 Å². The molecule has 30 heavy (non-hydrogen) atoms. The fourth-order valence-electron chi connectivity index (χ4n) is 3.89. The zero-order valence-corrected chi connectivity index (χ0v) is 17.8. The summed E-state index contributed by atoms with van der Waals surface area (Å²) in [5, 5.41) is 0.643. The summed E-state index contributed by atoms with van der Waals surface area (Å²) in [6, 6.07) is 18.6. The summed E-state index contributed by atoms with van der Waals surface area (Å²) in [6.45, 7) is 0. The molecule has 0 spiro atoms. The van der Waals surface area contributed by atoms with Crippen molar-refractivity contribution in [2.24, 2.45) is 0 Å². The SMILES string of the molecule is COc1ccc(N2C(=O)Cc3cc(OC)c(OC)cc3[C@@H]2c2ccc(Cl)cc2)cc1. The van der Waals surface area contributed by atoms with Crippen LogP contribution in [-0.2, 0) is 11.2 Å². The minimum atomic E-state index is -0.327. The van der Waals surface area contributed by atoms with Gasteiger partial charge in [0, 0.05) is 10.7 Å². The Morgan fingerprint density at radius 2 is 1.50 bits per heavy atom. The minimum absolute atomic E-state index is 0.000151. The van der Waals surface area contributed by atoms with Crippen LogP contribution in [0.1, 0.15) is 22.7 Å². The van der Waals surface area contributed by atoms with Gasteiger partial charge in [-0.2, -0.15) is 0 Å². The van der Waals surface area contributed by atoms with Crippen LogP contribution in [0.5, 0.6) is 17.2 Å². The molecule has 0 N–H and O–H groups in total. The van der Waals surface area contributed by atoms with E-state index < -0.39 is 0 Å². The number of ether oxygens (including phenoxy) is 3. The number of methoxy groups -OCH3 is 3. The highest BCUT2D eigenvalue weighted by molar-refractivity contribution is 6.30. The summed E-state index contributed by atoms with van der Waals surface area (Å²) in [6.07, 6.45) is 0.270. The summed E-state index contributed by atoms with van der Waals surface area (Å²) in [5.74, 6) is 1.97. The quantitative estimate of drug-likeness (QED) is 0.576. The van der Waals surface area contributed by atoms with Gasteiger partial charge in [-0.3, -0.25) is 4.79 Å². The van der Waals surface area contributed by atoms with E-state index in [4.69, 9.17) is 25.8 Å². The van der Waals surface area contributed by atoms with Gasteiger partial charge in [0.05, 0.1) is 33.8 Å². The Morgan fingerprint density at radius 3 is 2.10 bits per heavy atom. The van der Waals surface area contributed by atoms with Crippen LogP contribution < -0.4 is 19.1 Å². The molecule has 1 amide bonds. The molecule has 3 aromatic rings. The topological polar surface area (TPSA) is 48.0 Å². The first kappa shape index (κ1) is 20.1. The highest BCUT2D eigenvalue weighted by Crippen LogP contribution is 2.43.